The van der Waals surface area contributed by atoms with Gasteiger partial charge in [0.1, 0.15) is 0 Å². The molecular formula is C22H31N3O2S. The summed E-state index contributed by atoms with van der Waals surface area (Å²) in [5, 5.41) is 0. The molecule has 1 saturated heterocycles. The molecule has 0 bridgehead atoms. The van der Waals surface area contributed by atoms with E-state index in [1.54, 1.807) is 8.61 Å². The molecule has 0 aliphatic carbocycles. The number of benzene rings is 1. The number of rotatable bonds is 7. The maximum absolute atomic E-state index is 12.9. The number of piperidine rings is 1. The molecule has 2 heterocycles. The van der Waals surface area contributed by atoms with Crippen LogP contribution in [0.5, 0.6) is 0 Å². The molecule has 0 spiro atoms. The van der Waals surface area contributed by atoms with E-state index in [2.05, 4.69) is 36.4 Å². The zero-order valence-corrected chi connectivity index (χ0v) is 18.0. The minimum atomic E-state index is -3.40. The third-order valence-corrected chi connectivity index (χ3v) is 7.60. The fourth-order valence-electron chi connectivity index (χ4n) is 4.02. The molecule has 2 aromatic rings. The van der Waals surface area contributed by atoms with Crippen molar-refractivity contribution in [3.63, 3.8) is 0 Å². The van der Waals surface area contributed by atoms with Gasteiger partial charge in [0, 0.05) is 43.5 Å². The molecule has 1 aromatic heterocycles. The summed E-state index contributed by atoms with van der Waals surface area (Å²) in [6.45, 7) is 7.91. The van der Waals surface area contributed by atoms with Crippen LogP contribution < -0.4 is 0 Å². The van der Waals surface area contributed by atoms with E-state index in [4.69, 9.17) is 4.98 Å². The Labute approximate surface area is 169 Å². The van der Waals surface area contributed by atoms with E-state index in [1.165, 1.54) is 11.1 Å². The highest BCUT2D eigenvalue weighted by Crippen LogP contribution is 2.29. The Morgan fingerprint density at radius 2 is 1.82 bits per heavy atom. The average molecular weight is 402 g/mol. The Morgan fingerprint density at radius 1 is 1.11 bits per heavy atom. The van der Waals surface area contributed by atoms with Gasteiger partial charge in [0.05, 0.1) is 0 Å². The first kappa shape index (κ1) is 21.0. The van der Waals surface area contributed by atoms with Crippen LogP contribution in [-0.2, 0) is 16.6 Å². The quantitative estimate of drug-likeness (QED) is 0.710. The SMILES string of the molecule is CCN(CC)S(=O)(=O)N1CCC[C@@H](c2cc(Cc3ccccc3)cc(C)n2)C1. The smallest absolute Gasteiger partial charge is 0.258 e. The van der Waals surface area contributed by atoms with E-state index >= 15 is 0 Å². The zero-order chi connectivity index (χ0) is 20.1. The molecule has 1 fully saturated rings. The second-order valence-electron chi connectivity index (χ2n) is 7.49. The summed E-state index contributed by atoms with van der Waals surface area (Å²) in [6, 6.07) is 14.7. The van der Waals surface area contributed by atoms with Gasteiger partial charge in [0.25, 0.3) is 10.2 Å². The maximum atomic E-state index is 12.9. The van der Waals surface area contributed by atoms with Crippen LogP contribution in [0, 0.1) is 6.92 Å². The molecule has 28 heavy (non-hydrogen) atoms. The van der Waals surface area contributed by atoms with Gasteiger partial charge in [0.15, 0.2) is 0 Å². The molecular weight excluding hydrogens is 370 g/mol. The summed E-state index contributed by atoms with van der Waals surface area (Å²) in [6.07, 6.45) is 2.71. The molecule has 152 valence electrons. The van der Waals surface area contributed by atoms with E-state index in [-0.39, 0.29) is 5.92 Å². The number of hydrogen-bond acceptors (Lipinski definition) is 3. The summed E-state index contributed by atoms with van der Waals surface area (Å²) < 4.78 is 29.1. The Morgan fingerprint density at radius 3 is 2.50 bits per heavy atom. The first-order valence-electron chi connectivity index (χ1n) is 10.2. The van der Waals surface area contributed by atoms with Gasteiger partial charge in [-0.15, -0.1) is 0 Å². The summed E-state index contributed by atoms with van der Waals surface area (Å²) >= 11 is 0. The van der Waals surface area contributed by atoms with Crippen molar-refractivity contribution in [2.45, 2.75) is 46.0 Å². The van der Waals surface area contributed by atoms with Crippen molar-refractivity contribution >= 4 is 10.2 Å². The lowest BCUT2D eigenvalue weighted by atomic mass is 9.93. The highest BCUT2D eigenvalue weighted by Gasteiger charge is 2.33. The van der Waals surface area contributed by atoms with E-state index in [1.807, 2.05) is 26.8 Å². The van der Waals surface area contributed by atoms with Crippen LogP contribution in [0.25, 0.3) is 0 Å². The summed E-state index contributed by atoms with van der Waals surface area (Å²) in [7, 11) is -3.40. The second-order valence-corrected chi connectivity index (χ2v) is 9.42. The molecule has 1 aliphatic heterocycles. The number of pyridine rings is 1. The molecule has 0 amide bonds. The van der Waals surface area contributed by atoms with Crippen molar-refractivity contribution < 1.29 is 8.42 Å². The fraction of sp³-hybridized carbons (Fsp3) is 0.500. The van der Waals surface area contributed by atoms with Gasteiger partial charge in [-0.25, -0.2) is 0 Å². The largest absolute Gasteiger partial charge is 0.281 e. The molecule has 1 aliphatic rings. The standard InChI is InChI=1S/C22H31N3O2S/c1-4-24(5-2)28(26,27)25-13-9-12-21(17-25)22-16-20(14-18(3)23-22)15-19-10-7-6-8-11-19/h6-8,10-11,14,16,21H,4-5,9,12-13,15,17H2,1-3H3/t21-/m1/s1. The van der Waals surface area contributed by atoms with Crippen molar-refractivity contribution in [2.24, 2.45) is 0 Å². The van der Waals surface area contributed by atoms with Crippen LogP contribution in [0.15, 0.2) is 42.5 Å². The topological polar surface area (TPSA) is 53.5 Å². The molecule has 0 N–H and O–H groups in total. The van der Waals surface area contributed by atoms with E-state index in [0.29, 0.717) is 26.2 Å². The van der Waals surface area contributed by atoms with Gasteiger partial charge in [-0.2, -0.15) is 17.0 Å². The zero-order valence-electron chi connectivity index (χ0n) is 17.1. The van der Waals surface area contributed by atoms with Gasteiger partial charge >= 0.3 is 0 Å². The van der Waals surface area contributed by atoms with Crippen LogP contribution in [0.2, 0.25) is 0 Å². The lowest BCUT2D eigenvalue weighted by molar-refractivity contribution is 0.285. The van der Waals surface area contributed by atoms with Gasteiger partial charge < -0.3 is 0 Å². The molecule has 5 nitrogen and oxygen atoms in total. The highest BCUT2D eigenvalue weighted by atomic mass is 32.2. The normalized spacial score (nSPS) is 18.5. The van der Waals surface area contributed by atoms with E-state index in [9.17, 15) is 8.42 Å². The highest BCUT2D eigenvalue weighted by molar-refractivity contribution is 7.86. The van der Waals surface area contributed by atoms with E-state index < -0.39 is 10.2 Å². The van der Waals surface area contributed by atoms with Gasteiger partial charge in [-0.1, -0.05) is 44.2 Å². The molecule has 0 radical (unpaired) electrons. The molecule has 3 rings (SSSR count). The first-order valence-corrected chi connectivity index (χ1v) is 11.6. The van der Waals surface area contributed by atoms with Crippen molar-refractivity contribution in [2.75, 3.05) is 26.2 Å². The molecule has 6 heteroatoms. The monoisotopic (exact) mass is 401 g/mol. The fourth-order valence-corrected chi connectivity index (χ4v) is 5.72. The second kappa shape index (κ2) is 9.16. The van der Waals surface area contributed by atoms with Gasteiger partial charge in [0.2, 0.25) is 0 Å². The van der Waals surface area contributed by atoms with Gasteiger partial charge in [-0.3, -0.25) is 4.98 Å². The predicted molar refractivity (Wildman–Crippen MR) is 114 cm³/mol. The Balaban J connectivity index is 1.81. The molecule has 1 atom stereocenters. The molecule has 1 aromatic carbocycles. The molecule has 0 unspecified atom stereocenters. The number of aromatic nitrogens is 1. The summed E-state index contributed by atoms with van der Waals surface area (Å²) in [4.78, 5) is 4.77. The van der Waals surface area contributed by atoms with E-state index in [0.717, 1.165) is 30.7 Å². The van der Waals surface area contributed by atoms with Crippen LogP contribution in [-0.4, -0.2) is 48.2 Å². The van der Waals surface area contributed by atoms with Crippen LogP contribution in [0.3, 0.4) is 0 Å². The number of hydrogen-bond donors (Lipinski definition) is 0. The minimum Gasteiger partial charge on any atom is -0.258 e. The van der Waals surface area contributed by atoms with Crippen molar-refractivity contribution in [3.05, 3.63) is 65.0 Å². The maximum Gasteiger partial charge on any atom is 0.281 e. The van der Waals surface area contributed by atoms with Crippen LogP contribution >= 0.6 is 0 Å². The average Bonchev–Trinajstić information content (AvgIpc) is 2.69. The lowest BCUT2D eigenvalue weighted by Gasteiger charge is -2.35. The van der Waals surface area contributed by atoms with Crippen LogP contribution in [0.1, 0.15) is 55.1 Å². The molecule has 0 saturated carbocycles. The lowest BCUT2D eigenvalue weighted by Crippen LogP contribution is -2.47. The van der Waals surface area contributed by atoms with Crippen molar-refractivity contribution in [3.8, 4) is 0 Å². The third kappa shape index (κ3) is 4.80. The third-order valence-electron chi connectivity index (χ3n) is 5.44. The Bertz CT molecular complexity index is 880. The number of aryl methyl sites for hydroxylation is 1. The first-order chi connectivity index (χ1) is 13.4. The Kier molecular flexibility index (Phi) is 6.86. The minimum absolute atomic E-state index is 0.147. The predicted octanol–water partition coefficient (Wildman–Crippen LogP) is 3.75. The van der Waals surface area contributed by atoms with Crippen molar-refractivity contribution in [1.29, 1.82) is 0 Å². The van der Waals surface area contributed by atoms with Crippen LogP contribution in [0.4, 0.5) is 0 Å². The number of nitrogens with zero attached hydrogens (tertiary/aromatic N) is 3. The van der Waals surface area contributed by atoms with Crippen molar-refractivity contribution in [1.82, 2.24) is 13.6 Å². The summed E-state index contributed by atoms with van der Waals surface area (Å²) in [5.74, 6) is 0.147. The van der Waals surface area contributed by atoms with Gasteiger partial charge in [-0.05, 0) is 49.4 Å². The Hall–Kier alpha value is -1.76. The summed E-state index contributed by atoms with van der Waals surface area (Å²) in [5.41, 5.74) is 4.52.